The van der Waals surface area contributed by atoms with Crippen LogP contribution in [-0.2, 0) is 9.53 Å². The van der Waals surface area contributed by atoms with Crippen LogP contribution in [0, 0.1) is 0 Å². The van der Waals surface area contributed by atoms with Crippen molar-refractivity contribution in [3.8, 4) is 0 Å². The Bertz CT molecular complexity index is 983. The number of fused-ring (bicyclic) bond motifs is 1. The molecular weight excluding hydrogens is 398 g/mol. The van der Waals surface area contributed by atoms with Gasteiger partial charge in [0.1, 0.15) is 12.3 Å². The van der Waals surface area contributed by atoms with Crippen LogP contribution in [0.2, 0.25) is 0 Å². The summed E-state index contributed by atoms with van der Waals surface area (Å²) in [5, 5.41) is 17.5. The summed E-state index contributed by atoms with van der Waals surface area (Å²) in [5.74, 6) is -2.09. The molecule has 29 heavy (non-hydrogen) atoms. The predicted octanol–water partition coefficient (Wildman–Crippen LogP) is 2.15. The molecule has 10 heteroatoms. The zero-order valence-corrected chi connectivity index (χ0v) is 16.0. The number of aromatic amines is 1. The number of allylic oxidation sites excluding steroid dienone is 2. The molecule has 0 bridgehead atoms. The second kappa shape index (κ2) is 9.30. The van der Waals surface area contributed by atoms with Crippen molar-refractivity contribution in [3.05, 3.63) is 58.3 Å². The molecule has 0 unspecified atom stereocenters. The SMILES string of the molecule is O=C(O)COCCCSC1=CC(=O)c2[nH]nc(C(=O)Nc3ccccc3)c2C1=O. The van der Waals surface area contributed by atoms with Gasteiger partial charge in [-0.3, -0.25) is 19.5 Å². The summed E-state index contributed by atoms with van der Waals surface area (Å²) in [4.78, 5) is 48.3. The van der Waals surface area contributed by atoms with Gasteiger partial charge in [-0.25, -0.2) is 4.79 Å². The van der Waals surface area contributed by atoms with E-state index in [1.807, 2.05) is 0 Å². The molecule has 0 saturated carbocycles. The van der Waals surface area contributed by atoms with E-state index in [1.165, 1.54) is 6.08 Å². The van der Waals surface area contributed by atoms with E-state index in [0.29, 0.717) is 17.9 Å². The molecule has 150 valence electrons. The zero-order valence-electron chi connectivity index (χ0n) is 15.1. The normalized spacial score (nSPS) is 13.0. The molecule has 1 aromatic heterocycles. The van der Waals surface area contributed by atoms with Gasteiger partial charge in [-0.15, -0.1) is 11.8 Å². The van der Waals surface area contributed by atoms with Crippen molar-refractivity contribution in [3.63, 3.8) is 0 Å². The van der Waals surface area contributed by atoms with E-state index < -0.39 is 23.4 Å². The lowest BCUT2D eigenvalue weighted by molar-refractivity contribution is -0.142. The summed E-state index contributed by atoms with van der Waals surface area (Å²) in [6.07, 6.45) is 1.71. The maximum absolute atomic E-state index is 12.8. The first-order chi connectivity index (χ1) is 14.0. The van der Waals surface area contributed by atoms with Crippen LogP contribution in [0.5, 0.6) is 0 Å². The fourth-order valence-corrected chi connectivity index (χ4v) is 3.51. The highest BCUT2D eigenvalue weighted by atomic mass is 32.2. The number of aliphatic carboxylic acids is 1. The molecule has 1 aromatic carbocycles. The maximum Gasteiger partial charge on any atom is 0.329 e. The lowest BCUT2D eigenvalue weighted by Gasteiger charge is -2.12. The molecule has 0 fully saturated rings. The smallest absolute Gasteiger partial charge is 0.329 e. The average molecular weight is 415 g/mol. The van der Waals surface area contributed by atoms with Crippen LogP contribution in [-0.4, -0.2) is 57.7 Å². The third-order valence-corrected chi connectivity index (χ3v) is 5.00. The van der Waals surface area contributed by atoms with Crippen molar-refractivity contribution >= 4 is 40.9 Å². The highest BCUT2D eigenvalue weighted by molar-refractivity contribution is 8.04. The van der Waals surface area contributed by atoms with Gasteiger partial charge >= 0.3 is 5.97 Å². The minimum Gasteiger partial charge on any atom is -0.480 e. The van der Waals surface area contributed by atoms with Gasteiger partial charge in [0, 0.05) is 24.1 Å². The van der Waals surface area contributed by atoms with Crippen molar-refractivity contribution in [2.75, 3.05) is 24.3 Å². The zero-order chi connectivity index (χ0) is 20.8. The molecule has 9 nitrogen and oxygen atoms in total. The van der Waals surface area contributed by atoms with E-state index in [9.17, 15) is 19.2 Å². The maximum atomic E-state index is 12.8. The number of aromatic nitrogens is 2. The van der Waals surface area contributed by atoms with Gasteiger partial charge in [0.25, 0.3) is 5.91 Å². The number of hydrogen-bond donors (Lipinski definition) is 3. The van der Waals surface area contributed by atoms with Crippen LogP contribution in [0.15, 0.2) is 41.3 Å². The number of amides is 1. The Balaban J connectivity index is 1.66. The van der Waals surface area contributed by atoms with E-state index in [-0.39, 0.29) is 35.1 Å². The van der Waals surface area contributed by atoms with Gasteiger partial charge in [-0.2, -0.15) is 5.10 Å². The van der Waals surface area contributed by atoms with Crippen molar-refractivity contribution in [1.82, 2.24) is 10.2 Å². The summed E-state index contributed by atoms with van der Waals surface area (Å²) in [6, 6.07) is 8.69. The number of rotatable bonds is 9. The molecule has 1 amide bonds. The minimum absolute atomic E-state index is 0.0117. The summed E-state index contributed by atoms with van der Waals surface area (Å²) in [6.45, 7) is -0.167. The number of carbonyl (C=O) groups excluding carboxylic acids is 3. The Morgan fingerprint density at radius 3 is 2.69 bits per heavy atom. The van der Waals surface area contributed by atoms with Crippen LogP contribution < -0.4 is 5.32 Å². The van der Waals surface area contributed by atoms with Crippen molar-refractivity contribution < 1.29 is 29.0 Å². The van der Waals surface area contributed by atoms with Gasteiger partial charge in [0.2, 0.25) is 11.6 Å². The van der Waals surface area contributed by atoms with E-state index in [1.54, 1.807) is 30.3 Å². The Labute approximate surface area is 169 Å². The van der Waals surface area contributed by atoms with Gasteiger partial charge in [0.05, 0.1) is 10.5 Å². The fourth-order valence-electron chi connectivity index (χ4n) is 2.61. The summed E-state index contributed by atoms with van der Waals surface area (Å²) < 4.78 is 4.93. The molecule has 2 aromatic rings. The summed E-state index contributed by atoms with van der Waals surface area (Å²) >= 11 is 1.15. The lowest BCUT2D eigenvalue weighted by Crippen LogP contribution is -2.20. The second-order valence-electron chi connectivity index (χ2n) is 5.99. The Kier molecular flexibility index (Phi) is 6.57. The molecular formula is C19H17N3O6S. The molecule has 1 aliphatic rings. The first-order valence-electron chi connectivity index (χ1n) is 8.65. The fraction of sp³-hybridized carbons (Fsp3) is 0.211. The van der Waals surface area contributed by atoms with Crippen molar-refractivity contribution in [1.29, 1.82) is 0 Å². The van der Waals surface area contributed by atoms with E-state index in [4.69, 9.17) is 9.84 Å². The van der Waals surface area contributed by atoms with Crippen molar-refractivity contribution in [2.45, 2.75) is 6.42 Å². The monoisotopic (exact) mass is 415 g/mol. The van der Waals surface area contributed by atoms with E-state index >= 15 is 0 Å². The number of carboxylic acid groups (broad SMARTS) is 1. The summed E-state index contributed by atoms with van der Waals surface area (Å²) in [5.41, 5.74) is 0.339. The van der Waals surface area contributed by atoms with Gasteiger partial charge in [-0.1, -0.05) is 18.2 Å². The molecule has 1 aliphatic carbocycles. The minimum atomic E-state index is -1.05. The highest BCUT2D eigenvalue weighted by Crippen LogP contribution is 2.30. The largest absolute Gasteiger partial charge is 0.480 e. The number of nitrogens with zero attached hydrogens (tertiary/aromatic N) is 1. The number of nitrogens with one attached hydrogen (secondary N) is 2. The van der Waals surface area contributed by atoms with Crippen LogP contribution in [0.25, 0.3) is 0 Å². The Hall–Kier alpha value is -3.24. The number of carbonyl (C=O) groups is 4. The molecule has 3 rings (SSSR count). The average Bonchev–Trinajstić information content (AvgIpc) is 3.15. The van der Waals surface area contributed by atoms with E-state index in [2.05, 4.69) is 15.5 Å². The summed E-state index contributed by atoms with van der Waals surface area (Å²) in [7, 11) is 0. The molecule has 0 aliphatic heterocycles. The molecule has 0 atom stereocenters. The number of carboxylic acids is 1. The molecule has 0 radical (unpaired) electrons. The number of para-hydroxylation sites is 1. The molecule has 3 N–H and O–H groups in total. The predicted molar refractivity (Wildman–Crippen MR) is 105 cm³/mol. The molecule has 0 spiro atoms. The lowest BCUT2D eigenvalue weighted by atomic mass is 9.99. The number of ketones is 2. The molecule has 0 saturated heterocycles. The number of Topliss-reactive ketones (excluding diaryl/α,β-unsaturated/α-hetero) is 1. The first-order valence-corrected chi connectivity index (χ1v) is 9.63. The van der Waals surface area contributed by atoms with Crippen LogP contribution in [0.1, 0.15) is 37.8 Å². The third-order valence-electron chi connectivity index (χ3n) is 3.89. The number of H-pyrrole nitrogens is 1. The van der Waals surface area contributed by atoms with Crippen LogP contribution in [0.4, 0.5) is 5.69 Å². The number of benzene rings is 1. The Morgan fingerprint density at radius 1 is 1.21 bits per heavy atom. The van der Waals surface area contributed by atoms with Crippen LogP contribution in [0.3, 0.4) is 0 Å². The number of thioether (sulfide) groups is 1. The van der Waals surface area contributed by atoms with E-state index in [0.717, 1.165) is 11.8 Å². The number of anilines is 1. The first kappa shape index (κ1) is 20.5. The highest BCUT2D eigenvalue weighted by Gasteiger charge is 2.33. The quantitative estimate of drug-likeness (QED) is 0.530. The molecule has 1 heterocycles. The van der Waals surface area contributed by atoms with Crippen LogP contribution >= 0.6 is 11.8 Å². The van der Waals surface area contributed by atoms with Gasteiger partial charge < -0.3 is 15.2 Å². The third kappa shape index (κ3) is 4.98. The standard InChI is InChI=1S/C19H17N3O6S/c23-12-9-13(29-8-4-7-28-10-14(24)25)18(26)15-16(12)21-22-17(15)19(27)20-11-5-2-1-3-6-11/h1-3,5-6,9H,4,7-8,10H2,(H,20,27)(H,21,22)(H,24,25). The second-order valence-corrected chi connectivity index (χ2v) is 7.13. The number of ether oxygens (including phenoxy) is 1. The topological polar surface area (TPSA) is 138 Å². The van der Waals surface area contributed by atoms with Crippen molar-refractivity contribution in [2.24, 2.45) is 0 Å². The number of hydrogen-bond acceptors (Lipinski definition) is 7. The van der Waals surface area contributed by atoms with Gasteiger partial charge in [0.15, 0.2) is 5.69 Å². The Morgan fingerprint density at radius 2 is 1.97 bits per heavy atom. The van der Waals surface area contributed by atoms with Gasteiger partial charge in [-0.05, 0) is 18.6 Å².